The largest absolute Gasteiger partial charge is 0.755 e. The first-order valence-electron chi connectivity index (χ1n) is 12.7. The number of benzene rings is 2. The van der Waals surface area contributed by atoms with Crippen LogP contribution in [0.4, 0.5) is 5.69 Å². The Hall–Kier alpha value is -3.10. The van der Waals surface area contributed by atoms with Crippen LogP contribution in [0.5, 0.6) is 0 Å². The number of anilines is 1. The van der Waals surface area contributed by atoms with E-state index in [4.69, 9.17) is 4.42 Å². The maximum atomic E-state index is 12.2. The lowest BCUT2D eigenvalue weighted by Gasteiger charge is -2.32. The molecule has 0 amide bonds. The predicted molar refractivity (Wildman–Crippen MR) is 141 cm³/mol. The van der Waals surface area contributed by atoms with Crippen LogP contribution in [0.15, 0.2) is 53.1 Å². The number of carboxylic acid groups (broad SMARTS) is 1. The number of hydrogen-bond donors (Lipinski definition) is 2. The van der Waals surface area contributed by atoms with Gasteiger partial charge in [-0.15, -0.1) is 0 Å². The summed E-state index contributed by atoms with van der Waals surface area (Å²) >= 11 is -2.72. The molecule has 0 fully saturated rings. The normalized spacial score (nSPS) is 15.1. The lowest BCUT2D eigenvalue weighted by atomic mass is 9.96. The quantitative estimate of drug-likeness (QED) is 0.190. The number of fused-ring (bicyclic) bond motifs is 4. The fraction of sp³-hybridized carbons (Fsp3) is 0.393. The van der Waals surface area contributed by atoms with E-state index in [0.29, 0.717) is 17.7 Å². The van der Waals surface area contributed by atoms with Gasteiger partial charge < -0.3 is 19.1 Å². The fourth-order valence-corrected chi connectivity index (χ4v) is 6.13. The maximum Gasteiger partial charge on any atom is 0.327 e. The van der Waals surface area contributed by atoms with Crippen molar-refractivity contribution in [3.05, 3.63) is 65.5 Å². The van der Waals surface area contributed by atoms with E-state index in [1.54, 1.807) is 12.1 Å². The van der Waals surface area contributed by atoms with Gasteiger partial charge in [0.25, 0.3) is 0 Å². The molecule has 7 nitrogen and oxygen atoms in total. The molecule has 1 aliphatic carbocycles. The number of aromatic nitrogens is 1. The highest BCUT2D eigenvalue weighted by Crippen LogP contribution is 2.35. The molecule has 36 heavy (non-hydrogen) atoms. The van der Waals surface area contributed by atoms with Gasteiger partial charge >= 0.3 is 5.97 Å². The molecule has 190 valence electrons. The zero-order valence-electron chi connectivity index (χ0n) is 20.2. The van der Waals surface area contributed by atoms with Crippen LogP contribution < -0.4 is 4.31 Å². The van der Waals surface area contributed by atoms with Gasteiger partial charge in [0.05, 0.1) is 5.69 Å². The minimum absolute atomic E-state index is 0.253. The van der Waals surface area contributed by atoms with Crippen LogP contribution in [0.1, 0.15) is 61.8 Å². The molecule has 2 atom stereocenters. The highest BCUT2D eigenvalue weighted by molar-refractivity contribution is 7.80. The number of unbranched alkanes of at least 4 members (excludes halogenated alkanes) is 3. The van der Waals surface area contributed by atoms with Crippen LogP contribution in [-0.4, -0.2) is 30.9 Å². The molecule has 4 aromatic rings. The van der Waals surface area contributed by atoms with E-state index in [-0.39, 0.29) is 6.42 Å². The van der Waals surface area contributed by atoms with Crippen molar-refractivity contribution in [2.45, 2.75) is 70.3 Å². The van der Waals surface area contributed by atoms with Crippen LogP contribution in [0.2, 0.25) is 0 Å². The Kier molecular flexibility index (Phi) is 7.43. The van der Waals surface area contributed by atoms with Crippen LogP contribution in [0.25, 0.3) is 21.9 Å². The molecular weight excluding hydrogens is 476 g/mol. The molecule has 0 saturated carbocycles. The first-order valence-corrected chi connectivity index (χ1v) is 13.8. The summed E-state index contributed by atoms with van der Waals surface area (Å²) in [6, 6.07) is 12.3. The summed E-state index contributed by atoms with van der Waals surface area (Å²) in [4.78, 5) is 15.4. The number of H-pyrrole nitrogens is 1. The highest BCUT2D eigenvalue weighted by atomic mass is 32.2. The van der Waals surface area contributed by atoms with E-state index in [1.165, 1.54) is 16.5 Å². The second kappa shape index (κ2) is 10.9. The Morgan fingerprint density at radius 1 is 1.08 bits per heavy atom. The van der Waals surface area contributed by atoms with Crippen molar-refractivity contribution in [3.8, 4) is 0 Å². The highest BCUT2D eigenvalue weighted by Gasteiger charge is 2.28. The number of aromatic amines is 1. The van der Waals surface area contributed by atoms with Crippen molar-refractivity contribution in [3.63, 3.8) is 0 Å². The first-order chi connectivity index (χ1) is 17.5. The van der Waals surface area contributed by atoms with E-state index in [0.717, 1.165) is 72.3 Å². The number of nitrogens with one attached hydrogen (secondary N) is 1. The number of para-hydroxylation sites is 1. The number of rotatable bonds is 11. The number of carboxylic acids is 1. The Morgan fingerprint density at radius 2 is 1.89 bits per heavy atom. The van der Waals surface area contributed by atoms with E-state index >= 15 is 0 Å². The molecule has 2 aromatic carbocycles. The van der Waals surface area contributed by atoms with Crippen molar-refractivity contribution in [1.29, 1.82) is 0 Å². The van der Waals surface area contributed by atoms with E-state index in [9.17, 15) is 18.7 Å². The summed E-state index contributed by atoms with van der Waals surface area (Å²) in [5, 5.41) is 12.1. The van der Waals surface area contributed by atoms with Crippen LogP contribution in [-0.2, 0) is 35.3 Å². The van der Waals surface area contributed by atoms with Gasteiger partial charge in [-0.1, -0.05) is 37.5 Å². The second-order valence-corrected chi connectivity index (χ2v) is 10.4. The van der Waals surface area contributed by atoms with Gasteiger partial charge in [-0.05, 0) is 62.3 Å². The summed E-state index contributed by atoms with van der Waals surface area (Å²) in [6.07, 6.45) is 10.7. The monoisotopic (exact) mass is 507 g/mol. The second-order valence-electron chi connectivity index (χ2n) is 9.60. The van der Waals surface area contributed by atoms with Gasteiger partial charge in [-0.3, -0.25) is 8.51 Å². The SMILES string of the molecule is O=C(O)C(CCCCCCc1c[nH]c2ccccc12)N(c1ccc2c3c(oc2c1)CCCC3)S(=O)[O-]. The van der Waals surface area contributed by atoms with Crippen molar-refractivity contribution < 1.29 is 23.1 Å². The predicted octanol–water partition coefficient (Wildman–Crippen LogP) is 6.04. The smallest absolute Gasteiger partial charge is 0.327 e. The Balaban J connectivity index is 1.21. The lowest BCUT2D eigenvalue weighted by molar-refractivity contribution is -0.138. The van der Waals surface area contributed by atoms with Crippen molar-refractivity contribution in [2.75, 3.05) is 4.31 Å². The summed E-state index contributed by atoms with van der Waals surface area (Å²) < 4.78 is 31.3. The van der Waals surface area contributed by atoms with Gasteiger partial charge in [0.2, 0.25) is 0 Å². The summed E-state index contributed by atoms with van der Waals surface area (Å²) in [6.45, 7) is 0. The van der Waals surface area contributed by atoms with Crippen LogP contribution in [0, 0.1) is 0 Å². The van der Waals surface area contributed by atoms with Gasteiger partial charge in [0.15, 0.2) is 0 Å². The number of aryl methyl sites for hydroxylation is 3. The van der Waals surface area contributed by atoms with Gasteiger partial charge in [-0.2, -0.15) is 0 Å². The molecule has 0 aliphatic heterocycles. The molecular formula is C28H31N2O5S-. The van der Waals surface area contributed by atoms with Crippen molar-refractivity contribution >= 4 is 44.8 Å². The van der Waals surface area contributed by atoms with Crippen molar-refractivity contribution in [2.24, 2.45) is 0 Å². The molecule has 2 unspecified atom stereocenters. The lowest BCUT2D eigenvalue weighted by Crippen LogP contribution is -2.42. The first kappa shape index (κ1) is 24.6. The summed E-state index contributed by atoms with van der Waals surface area (Å²) in [5.74, 6) is -0.178. The van der Waals surface area contributed by atoms with E-state index in [1.807, 2.05) is 18.2 Å². The molecule has 0 bridgehead atoms. The number of aliphatic carboxylic acids is 1. The van der Waals surface area contributed by atoms with Crippen LogP contribution in [0.3, 0.4) is 0 Å². The number of nitrogens with zero attached hydrogens (tertiary/aromatic N) is 1. The molecule has 0 saturated heterocycles. The van der Waals surface area contributed by atoms with Gasteiger partial charge in [0, 0.05) is 51.8 Å². The molecule has 1 aliphatic rings. The molecule has 5 rings (SSSR count). The molecule has 2 aromatic heterocycles. The molecule has 2 heterocycles. The Labute approximate surface area is 212 Å². The number of hydrogen-bond acceptors (Lipinski definition) is 4. The van der Waals surface area contributed by atoms with Gasteiger partial charge in [-0.25, -0.2) is 4.79 Å². The van der Waals surface area contributed by atoms with E-state index in [2.05, 4.69) is 23.3 Å². The zero-order valence-corrected chi connectivity index (χ0v) is 21.0. The van der Waals surface area contributed by atoms with Crippen molar-refractivity contribution in [1.82, 2.24) is 4.98 Å². The molecule has 0 spiro atoms. The Morgan fingerprint density at radius 3 is 2.72 bits per heavy atom. The average molecular weight is 508 g/mol. The minimum Gasteiger partial charge on any atom is -0.755 e. The third kappa shape index (κ3) is 5.06. The standard InChI is InChI=1S/C28H32N2O5S/c31-28(32)25(13-4-2-1-3-9-19-18-29-24-12-7-5-10-21(19)24)30(36(33)34)20-15-16-23-22-11-6-8-14-26(22)35-27(23)17-20/h5,7,10,12,15-18,25,29H,1-4,6,8-9,11,13-14H2,(H,31,32)(H,33,34)/p-1. The maximum absolute atomic E-state index is 12.2. The third-order valence-electron chi connectivity index (χ3n) is 7.27. The molecule has 8 heteroatoms. The topological polar surface area (TPSA) is 110 Å². The fourth-order valence-electron chi connectivity index (χ4n) is 5.45. The summed E-state index contributed by atoms with van der Waals surface area (Å²) in [7, 11) is 0. The van der Waals surface area contributed by atoms with Gasteiger partial charge in [0.1, 0.15) is 17.4 Å². The molecule has 2 N–H and O–H groups in total. The Bertz CT molecular complexity index is 1390. The van der Waals surface area contributed by atoms with Crippen LogP contribution >= 0.6 is 0 Å². The minimum atomic E-state index is -2.72. The number of furan rings is 1. The molecule has 0 radical (unpaired) electrons. The zero-order chi connectivity index (χ0) is 25.1. The third-order valence-corrected chi connectivity index (χ3v) is 8.06. The van der Waals surface area contributed by atoms with E-state index < -0.39 is 23.3 Å². The average Bonchev–Trinajstić information content (AvgIpc) is 3.45. The number of carbonyl (C=O) groups is 1. The summed E-state index contributed by atoms with van der Waals surface area (Å²) in [5.41, 5.74) is 4.57.